The third-order valence-corrected chi connectivity index (χ3v) is 2.75. The summed E-state index contributed by atoms with van der Waals surface area (Å²) in [5.41, 5.74) is 1.60. The fourth-order valence-electron chi connectivity index (χ4n) is 0.926. The van der Waals surface area contributed by atoms with E-state index in [1.165, 1.54) is 6.08 Å². The molecule has 0 bridgehead atoms. The Morgan fingerprint density at radius 1 is 1.64 bits per heavy atom. The maximum absolute atomic E-state index is 11.0. The molecule has 14 heavy (non-hydrogen) atoms. The molecule has 0 aromatic heterocycles. The van der Waals surface area contributed by atoms with Gasteiger partial charge in [-0.15, -0.1) is 0 Å². The van der Waals surface area contributed by atoms with E-state index >= 15 is 0 Å². The van der Waals surface area contributed by atoms with Gasteiger partial charge >= 0.3 is 0 Å². The van der Waals surface area contributed by atoms with Gasteiger partial charge in [-0.25, -0.2) is 0 Å². The number of amides is 1. The van der Waals surface area contributed by atoms with Crippen LogP contribution in [0.1, 0.15) is 5.56 Å². The van der Waals surface area contributed by atoms with Crippen LogP contribution in [0.2, 0.25) is 5.02 Å². The van der Waals surface area contributed by atoms with Gasteiger partial charge in [0, 0.05) is 9.50 Å². The van der Waals surface area contributed by atoms with Crippen LogP contribution in [-0.2, 0) is 4.79 Å². The topological polar surface area (TPSA) is 29.1 Å². The minimum Gasteiger partial charge on any atom is -0.321 e. The summed E-state index contributed by atoms with van der Waals surface area (Å²) in [5.74, 6) is -0.259. The molecule has 0 aliphatic carbocycles. The molecular formula is C10H9BrClNO. The average Bonchev–Trinajstić information content (AvgIpc) is 2.14. The Balaban J connectivity index is 3.03. The van der Waals surface area contributed by atoms with Gasteiger partial charge in [-0.05, 0) is 46.6 Å². The van der Waals surface area contributed by atoms with Crippen LogP contribution in [-0.4, -0.2) is 5.91 Å². The van der Waals surface area contributed by atoms with Crippen molar-refractivity contribution in [3.63, 3.8) is 0 Å². The molecule has 0 unspecified atom stereocenters. The second-order valence-electron chi connectivity index (χ2n) is 2.77. The molecule has 1 amide bonds. The Kier molecular flexibility index (Phi) is 3.72. The molecule has 1 rings (SSSR count). The van der Waals surface area contributed by atoms with Crippen LogP contribution in [0.4, 0.5) is 5.69 Å². The van der Waals surface area contributed by atoms with E-state index in [2.05, 4.69) is 27.8 Å². The fourth-order valence-corrected chi connectivity index (χ4v) is 1.65. The van der Waals surface area contributed by atoms with Gasteiger partial charge in [-0.2, -0.15) is 0 Å². The molecule has 1 aromatic rings. The molecule has 1 N–H and O–H groups in total. The maximum atomic E-state index is 11.0. The van der Waals surface area contributed by atoms with Gasteiger partial charge in [0.2, 0.25) is 5.91 Å². The van der Waals surface area contributed by atoms with E-state index in [9.17, 15) is 4.79 Å². The maximum Gasteiger partial charge on any atom is 0.247 e. The fraction of sp³-hybridized carbons (Fsp3) is 0.100. The SMILES string of the molecule is C=CC(=O)Nc1cc(Cl)c(C)cc1Br. The van der Waals surface area contributed by atoms with Crippen LogP contribution in [0, 0.1) is 6.92 Å². The normalized spacial score (nSPS) is 9.64. The van der Waals surface area contributed by atoms with Crippen molar-refractivity contribution in [2.24, 2.45) is 0 Å². The summed E-state index contributed by atoms with van der Waals surface area (Å²) in [6, 6.07) is 3.55. The molecule has 0 aliphatic rings. The van der Waals surface area contributed by atoms with Crippen molar-refractivity contribution in [3.05, 3.63) is 39.8 Å². The lowest BCUT2D eigenvalue weighted by Crippen LogP contribution is -2.07. The molecule has 0 heterocycles. The Bertz CT molecular complexity index is 390. The molecule has 0 atom stereocenters. The van der Waals surface area contributed by atoms with E-state index in [4.69, 9.17) is 11.6 Å². The van der Waals surface area contributed by atoms with Gasteiger partial charge < -0.3 is 5.32 Å². The van der Waals surface area contributed by atoms with Gasteiger partial charge in [0.15, 0.2) is 0 Å². The number of anilines is 1. The van der Waals surface area contributed by atoms with Gasteiger partial charge in [-0.3, -0.25) is 4.79 Å². The molecule has 0 saturated carbocycles. The summed E-state index contributed by atoms with van der Waals surface area (Å²) in [7, 11) is 0. The molecule has 0 radical (unpaired) electrons. The lowest BCUT2D eigenvalue weighted by molar-refractivity contribution is -0.111. The first kappa shape index (κ1) is 11.3. The first-order valence-electron chi connectivity index (χ1n) is 3.93. The summed E-state index contributed by atoms with van der Waals surface area (Å²) < 4.78 is 0.801. The number of nitrogens with one attached hydrogen (secondary N) is 1. The molecule has 0 aliphatic heterocycles. The number of carbonyl (C=O) groups excluding carboxylic acids is 1. The predicted octanol–water partition coefficient (Wildman–Crippen LogP) is 3.54. The molecule has 1 aromatic carbocycles. The highest BCUT2D eigenvalue weighted by Gasteiger charge is 2.05. The number of rotatable bonds is 2. The van der Waals surface area contributed by atoms with Crippen LogP contribution >= 0.6 is 27.5 Å². The van der Waals surface area contributed by atoms with Crippen LogP contribution in [0.15, 0.2) is 29.3 Å². The van der Waals surface area contributed by atoms with Gasteiger partial charge in [-0.1, -0.05) is 18.2 Å². The standard InChI is InChI=1S/C10H9BrClNO/c1-3-10(14)13-9-5-8(12)6(2)4-7(9)11/h3-5H,1H2,2H3,(H,13,14). The second kappa shape index (κ2) is 4.62. The van der Waals surface area contributed by atoms with Crippen LogP contribution < -0.4 is 5.32 Å². The van der Waals surface area contributed by atoms with E-state index in [0.717, 1.165) is 10.0 Å². The lowest BCUT2D eigenvalue weighted by atomic mass is 10.2. The van der Waals surface area contributed by atoms with Gasteiger partial charge in [0.1, 0.15) is 0 Å². The number of benzene rings is 1. The quantitative estimate of drug-likeness (QED) is 0.821. The zero-order chi connectivity index (χ0) is 10.7. The minimum absolute atomic E-state index is 0.259. The summed E-state index contributed by atoms with van der Waals surface area (Å²) >= 11 is 9.25. The highest BCUT2D eigenvalue weighted by molar-refractivity contribution is 9.10. The van der Waals surface area contributed by atoms with E-state index in [1.807, 2.05) is 13.0 Å². The number of aryl methyl sites for hydroxylation is 1. The first-order chi connectivity index (χ1) is 6.54. The predicted molar refractivity (Wildman–Crippen MR) is 62.7 cm³/mol. The molecule has 0 fully saturated rings. The number of hydrogen-bond acceptors (Lipinski definition) is 1. The number of halogens is 2. The summed E-state index contributed by atoms with van der Waals surface area (Å²) in [5, 5.41) is 3.26. The first-order valence-corrected chi connectivity index (χ1v) is 5.10. The Morgan fingerprint density at radius 3 is 2.86 bits per heavy atom. The molecule has 0 saturated heterocycles. The van der Waals surface area contributed by atoms with Crippen molar-refractivity contribution in [1.82, 2.24) is 0 Å². The Morgan fingerprint density at radius 2 is 2.29 bits per heavy atom. The van der Waals surface area contributed by atoms with E-state index in [1.54, 1.807) is 6.07 Å². The van der Waals surface area contributed by atoms with E-state index < -0.39 is 0 Å². The Hall–Kier alpha value is -0.800. The van der Waals surface area contributed by atoms with E-state index in [-0.39, 0.29) is 5.91 Å². The van der Waals surface area contributed by atoms with Gasteiger partial charge in [0.25, 0.3) is 0 Å². The molecular weight excluding hydrogens is 265 g/mol. The highest BCUT2D eigenvalue weighted by Crippen LogP contribution is 2.28. The van der Waals surface area contributed by atoms with Crippen LogP contribution in [0.5, 0.6) is 0 Å². The third kappa shape index (κ3) is 2.59. The monoisotopic (exact) mass is 273 g/mol. The van der Waals surface area contributed by atoms with Crippen LogP contribution in [0.25, 0.3) is 0 Å². The molecule has 74 valence electrons. The van der Waals surface area contributed by atoms with Crippen molar-refractivity contribution in [3.8, 4) is 0 Å². The minimum atomic E-state index is -0.259. The summed E-state index contributed by atoms with van der Waals surface area (Å²) in [6.45, 7) is 5.26. The van der Waals surface area contributed by atoms with Crippen molar-refractivity contribution in [2.45, 2.75) is 6.92 Å². The molecule has 0 spiro atoms. The molecule has 2 nitrogen and oxygen atoms in total. The smallest absolute Gasteiger partial charge is 0.247 e. The zero-order valence-electron chi connectivity index (χ0n) is 7.60. The second-order valence-corrected chi connectivity index (χ2v) is 4.04. The van der Waals surface area contributed by atoms with Crippen molar-refractivity contribution >= 4 is 39.1 Å². The van der Waals surface area contributed by atoms with E-state index in [0.29, 0.717) is 10.7 Å². The average molecular weight is 275 g/mol. The largest absolute Gasteiger partial charge is 0.321 e. The zero-order valence-corrected chi connectivity index (χ0v) is 9.95. The highest BCUT2D eigenvalue weighted by atomic mass is 79.9. The Labute approximate surface area is 96.1 Å². The third-order valence-electron chi connectivity index (χ3n) is 1.69. The number of hydrogen-bond donors (Lipinski definition) is 1. The van der Waals surface area contributed by atoms with Crippen molar-refractivity contribution in [1.29, 1.82) is 0 Å². The molecule has 4 heteroatoms. The van der Waals surface area contributed by atoms with Crippen molar-refractivity contribution < 1.29 is 4.79 Å². The summed E-state index contributed by atoms with van der Waals surface area (Å²) in [6.07, 6.45) is 1.21. The lowest BCUT2D eigenvalue weighted by Gasteiger charge is -2.07. The van der Waals surface area contributed by atoms with Crippen LogP contribution in [0.3, 0.4) is 0 Å². The van der Waals surface area contributed by atoms with Crippen molar-refractivity contribution in [2.75, 3.05) is 5.32 Å². The number of carbonyl (C=O) groups is 1. The van der Waals surface area contributed by atoms with Gasteiger partial charge in [0.05, 0.1) is 5.69 Å². The summed E-state index contributed by atoms with van der Waals surface area (Å²) in [4.78, 5) is 11.0.